The van der Waals surface area contributed by atoms with E-state index in [1.807, 2.05) is 0 Å². The van der Waals surface area contributed by atoms with Crippen molar-refractivity contribution < 1.29 is 9.47 Å². The maximum atomic E-state index is 6.66. The molecule has 4 aliphatic rings. The Labute approximate surface area is 135 Å². The first kappa shape index (κ1) is 13.3. The van der Waals surface area contributed by atoms with Gasteiger partial charge in [-0.2, -0.15) is 0 Å². The van der Waals surface area contributed by atoms with Gasteiger partial charge in [-0.1, -0.05) is 18.2 Å². The second-order valence-electron chi connectivity index (χ2n) is 7.07. The number of methoxy groups -OCH3 is 1. The zero-order valence-corrected chi connectivity index (χ0v) is 13.6. The molecule has 2 heterocycles. The Morgan fingerprint density at radius 1 is 1.36 bits per heavy atom. The third kappa shape index (κ3) is 1.34. The molecule has 0 N–H and O–H groups in total. The van der Waals surface area contributed by atoms with E-state index >= 15 is 0 Å². The smallest absolute Gasteiger partial charge is 0.165 e. The lowest BCUT2D eigenvalue weighted by molar-refractivity contribution is 0.00341. The van der Waals surface area contributed by atoms with Gasteiger partial charge in [0.2, 0.25) is 0 Å². The molecule has 5 rings (SSSR count). The number of alkyl halides is 1. The standard InChI is InChI=1S/C18H20ClNO2/c1-20-8-7-18-11-4-5-12(19)17(18)22-16-14(21-2)6-3-10(15(16)18)9-13(11)20/h3-6,11-13,17H,7-9H2,1-2H3/t11-,12?,13+,17?,18-/m0/s1. The van der Waals surface area contributed by atoms with Crippen molar-refractivity contribution in [3.8, 4) is 11.5 Å². The van der Waals surface area contributed by atoms with Crippen molar-refractivity contribution in [3.05, 3.63) is 35.4 Å². The van der Waals surface area contributed by atoms with Gasteiger partial charge in [-0.15, -0.1) is 11.6 Å². The maximum Gasteiger partial charge on any atom is 0.165 e. The molecule has 5 atom stereocenters. The molecule has 2 aliphatic carbocycles. The minimum atomic E-state index is -0.0663. The van der Waals surface area contributed by atoms with Gasteiger partial charge in [0.05, 0.1) is 12.5 Å². The molecule has 2 unspecified atom stereocenters. The fourth-order valence-corrected chi connectivity index (χ4v) is 5.72. The van der Waals surface area contributed by atoms with Gasteiger partial charge in [0, 0.05) is 22.9 Å². The van der Waals surface area contributed by atoms with Crippen LogP contribution in [0.25, 0.3) is 0 Å². The number of rotatable bonds is 1. The number of hydrogen-bond donors (Lipinski definition) is 0. The molecular weight excluding hydrogens is 298 g/mol. The third-order valence-electron chi connectivity index (χ3n) is 6.32. The van der Waals surface area contributed by atoms with Gasteiger partial charge in [0.25, 0.3) is 0 Å². The molecule has 0 aromatic heterocycles. The van der Waals surface area contributed by atoms with Crippen LogP contribution in [-0.2, 0) is 11.8 Å². The molecule has 0 radical (unpaired) electrons. The van der Waals surface area contributed by atoms with Gasteiger partial charge in [0.1, 0.15) is 6.10 Å². The zero-order chi connectivity index (χ0) is 15.1. The second kappa shape index (κ2) is 4.21. The quantitative estimate of drug-likeness (QED) is 0.587. The van der Waals surface area contributed by atoms with Gasteiger partial charge >= 0.3 is 0 Å². The lowest BCUT2D eigenvalue weighted by atomic mass is 9.53. The average Bonchev–Trinajstić information content (AvgIpc) is 2.88. The lowest BCUT2D eigenvalue weighted by Crippen LogP contribution is -2.64. The summed E-state index contributed by atoms with van der Waals surface area (Å²) in [6.45, 7) is 1.11. The zero-order valence-electron chi connectivity index (χ0n) is 12.9. The van der Waals surface area contributed by atoms with Crippen molar-refractivity contribution in [2.75, 3.05) is 20.7 Å². The van der Waals surface area contributed by atoms with Crippen molar-refractivity contribution in [1.82, 2.24) is 4.90 Å². The van der Waals surface area contributed by atoms with E-state index in [1.165, 1.54) is 11.1 Å². The van der Waals surface area contributed by atoms with Crippen molar-refractivity contribution >= 4 is 11.6 Å². The van der Waals surface area contributed by atoms with E-state index in [0.717, 1.165) is 30.9 Å². The minimum Gasteiger partial charge on any atom is -0.493 e. The SMILES string of the molecule is COc1ccc2c3c1OC1C(Cl)C=C[C@H]4[C@@H](C2)N(C)CC[C@]314. The summed E-state index contributed by atoms with van der Waals surface area (Å²) >= 11 is 6.66. The molecule has 2 bridgehead atoms. The van der Waals surface area contributed by atoms with Crippen molar-refractivity contribution in [2.24, 2.45) is 5.92 Å². The topological polar surface area (TPSA) is 21.7 Å². The van der Waals surface area contributed by atoms with Crippen molar-refractivity contribution in [3.63, 3.8) is 0 Å². The molecule has 1 aromatic rings. The Morgan fingerprint density at radius 2 is 2.23 bits per heavy atom. The van der Waals surface area contributed by atoms with Crippen LogP contribution >= 0.6 is 11.6 Å². The number of likely N-dealkylation sites (N-methyl/N-ethyl adjacent to an activating group) is 1. The molecule has 1 fully saturated rings. The molecule has 0 saturated carbocycles. The first-order valence-corrected chi connectivity index (χ1v) is 8.50. The van der Waals surface area contributed by atoms with Gasteiger partial charge in [-0.05, 0) is 38.1 Å². The molecule has 22 heavy (non-hydrogen) atoms. The first-order valence-electron chi connectivity index (χ1n) is 8.06. The minimum absolute atomic E-state index is 0.0331. The van der Waals surface area contributed by atoms with E-state index in [0.29, 0.717) is 12.0 Å². The predicted molar refractivity (Wildman–Crippen MR) is 86.1 cm³/mol. The average molecular weight is 318 g/mol. The number of benzene rings is 1. The summed E-state index contributed by atoms with van der Waals surface area (Å²) in [5, 5.41) is -0.0663. The lowest BCUT2D eigenvalue weighted by Gasteiger charge is -2.56. The fraction of sp³-hybridized carbons (Fsp3) is 0.556. The highest BCUT2D eigenvalue weighted by Gasteiger charge is 2.64. The molecule has 0 amide bonds. The first-order chi connectivity index (χ1) is 10.7. The normalized spacial score (nSPS) is 41.0. The summed E-state index contributed by atoms with van der Waals surface area (Å²) in [5.74, 6) is 2.29. The maximum absolute atomic E-state index is 6.66. The Kier molecular flexibility index (Phi) is 2.54. The molecule has 116 valence electrons. The second-order valence-corrected chi connectivity index (χ2v) is 7.57. The third-order valence-corrected chi connectivity index (χ3v) is 6.69. The van der Waals surface area contributed by atoms with Gasteiger partial charge in [-0.3, -0.25) is 0 Å². The van der Waals surface area contributed by atoms with Crippen LogP contribution < -0.4 is 9.47 Å². The number of hydrogen-bond acceptors (Lipinski definition) is 3. The summed E-state index contributed by atoms with van der Waals surface area (Å²) < 4.78 is 12.0. The highest BCUT2D eigenvalue weighted by Crippen LogP contribution is 2.62. The molecule has 1 aromatic carbocycles. The fourth-order valence-electron chi connectivity index (χ4n) is 5.36. The Bertz CT molecular complexity index is 688. The molecule has 2 aliphatic heterocycles. The van der Waals surface area contributed by atoms with Gasteiger partial charge in [0.15, 0.2) is 11.5 Å². The monoisotopic (exact) mass is 317 g/mol. The Morgan fingerprint density at radius 3 is 3.05 bits per heavy atom. The summed E-state index contributed by atoms with van der Waals surface area (Å²) in [6, 6.07) is 4.83. The number of halogens is 1. The van der Waals surface area contributed by atoms with E-state index in [2.05, 4.69) is 36.2 Å². The van der Waals surface area contributed by atoms with Gasteiger partial charge < -0.3 is 14.4 Å². The Hall–Kier alpha value is -1.19. The van der Waals surface area contributed by atoms with E-state index < -0.39 is 0 Å². The molecule has 1 spiro atoms. The van der Waals surface area contributed by atoms with E-state index in [-0.39, 0.29) is 16.9 Å². The van der Waals surface area contributed by atoms with Crippen LogP contribution in [0.2, 0.25) is 0 Å². The number of likely N-dealkylation sites (tertiary alicyclic amines) is 1. The largest absolute Gasteiger partial charge is 0.493 e. The van der Waals surface area contributed by atoms with Crippen LogP contribution in [-0.4, -0.2) is 43.1 Å². The van der Waals surface area contributed by atoms with Crippen molar-refractivity contribution in [1.29, 1.82) is 0 Å². The van der Waals surface area contributed by atoms with Gasteiger partial charge in [-0.25, -0.2) is 0 Å². The number of ether oxygens (including phenoxy) is 2. The van der Waals surface area contributed by atoms with Crippen LogP contribution in [0, 0.1) is 5.92 Å². The highest BCUT2D eigenvalue weighted by molar-refractivity contribution is 6.22. The molecule has 1 saturated heterocycles. The van der Waals surface area contributed by atoms with E-state index in [1.54, 1.807) is 7.11 Å². The molecular formula is C18H20ClNO2. The van der Waals surface area contributed by atoms with Crippen LogP contribution in [0.4, 0.5) is 0 Å². The summed E-state index contributed by atoms with van der Waals surface area (Å²) in [7, 11) is 3.97. The van der Waals surface area contributed by atoms with Crippen LogP contribution in [0.3, 0.4) is 0 Å². The summed E-state index contributed by atoms with van der Waals surface area (Å²) in [5.41, 5.74) is 2.85. The highest BCUT2D eigenvalue weighted by atomic mass is 35.5. The van der Waals surface area contributed by atoms with Crippen LogP contribution in [0.5, 0.6) is 11.5 Å². The van der Waals surface area contributed by atoms with Crippen molar-refractivity contribution in [2.45, 2.75) is 35.8 Å². The predicted octanol–water partition coefficient (Wildman–Crippen LogP) is 2.75. The molecule has 4 heteroatoms. The summed E-state index contributed by atoms with van der Waals surface area (Å²) in [6.07, 6.45) is 6.73. The van der Waals surface area contributed by atoms with Crippen LogP contribution in [0.1, 0.15) is 17.5 Å². The van der Waals surface area contributed by atoms with Crippen LogP contribution in [0.15, 0.2) is 24.3 Å². The van der Waals surface area contributed by atoms with E-state index in [4.69, 9.17) is 21.1 Å². The van der Waals surface area contributed by atoms with E-state index in [9.17, 15) is 0 Å². The number of nitrogens with zero attached hydrogens (tertiary/aromatic N) is 1. The summed E-state index contributed by atoms with van der Waals surface area (Å²) in [4.78, 5) is 2.51. The Balaban J connectivity index is 1.82. The molecule has 3 nitrogen and oxygen atoms in total. The number of piperidine rings is 1.